The quantitative estimate of drug-likeness (QED) is 0.674. The summed E-state index contributed by atoms with van der Waals surface area (Å²) >= 11 is 0. The molecule has 0 spiro atoms. The number of aromatic nitrogens is 1. The molecule has 118 valence electrons. The van der Waals surface area contributed by atoms with Crippen LogP contribution in [-0.2, 0) is 11.2 Å². The van der Waals surface area contributed by atoms with Gasteiger partial charge in [0.2, 0.25) is 0 Å². The third kappa shape index (κ3) is 3.18. The normalized spacial score (nSPS) is 16.3. The van der Waals surface area contributed by atoms with E-state index in [0.717, 1.165) is 22.5 Å². The number of nitrogens with zero attached hydrogens (tertiary/aromatic N) is 1. The first kappa shape index (κ1) is 15.1. The maximum atomic E-state index is 12.1. The second-order valence-corrected chi connectivity index (χ2v) is 5.73. The standard InChI is InChI=1S/C18H19N3O2/c1-12-10-13(2)19-15(12)11-16-17(22)20-18(23)21(16)9-8-14-6-4-3-5-7-14/h3-7,10-11,19H,8-9H2,1-2H3,(H,20,22,23)/b16-11+. The molecule has 23 heavy (non-hydrogen) atoms. The zero-order valence-electron chi connectivity index (χ0n) is 13.2. The molecule has 1 aliphatic heterocycles. The Kier molecular flexibility index (Phi) is 4.02. The Balaban J connectivity index is 1.83. The highest BCUT2D eigenvalue weighted by atomic mass is 16.2. The van der Waals surface area contributed by atoms with Gasteiger partial charge < -0.3 is 4.98 Å². The van der Waals surface area contributed by atoms with E-state index in [1.165, 1.54) is 4.90 Å². The van der Waals surface area contributed by atoms with Gasteiger partial charge in [0.25, 0.3) is 5.91 Å². The lowest BCUT2D eigenvalue weighted by Gasteiger charge is -2.15. The summed E-state index contributed by atoms with van der Waals surface area (Å²) in [4.78, 5) is 28.8. The van der Waals surface area contributed by atoms with Crippen LogP contribution in [0.1, 0.15) is 22.5 Å². The van der Waals surface area contributed by atoms with Gasteiger partial charge in [-0.3, -0.25) is 15.0 Å². The molecule has 3 amide bonds. The van der Waals surface area contributed by atoms with Crippen molar-refractivity contribution in [1.82, 2.24) is 15.2 Å². The average Bonchev–Trinajstić information content (AvgIpc) is 2.97. The van der Waals surface area contributed by atoms with Gasteiger partial charge in [0, 0.05) is 17.9 Å². The Morgan fingerprint density at radius 3 is 2.52 bits per heavy atom. The minimum absolute atomic E-state index is 0.352. The first-order valence-electron chi connectivity index (χ1n) is 7.59. The predicted octanol–water partition coefficient (Wildman–Crippen LogP) is 2.77. The summed E-state index contributed by atoms with van der Waals surface area (Å²) in [6, 6.07) is 11.6. The maximum absolute atomic E-state index is 12.1. The molecule has 2 N–H and O–H groups in total. The molecule has 1 saturated heterocycles. The first-order chi connectivity index (χ1) is 11.0. The van der Waals surface area contributed by atoms with Crippen LogP contribution in [0.2, 0.25) is 0 Å². The van der Waals surface area contributed by atoms with Gasteiger partial charge in [0.1, 0.15) is 5.70 Å². The highest BCUT2D eigenvalue weighted by Gasteiger charge is 2.32. The van der Waals surface area contributed by atoms with Gasteiger partial charge in [0.15, 0.2) is 0 Å². The summed E-state index contributed by atoms with van der Waals surface area (Å²) in [5.41, 5.74) is 4.44. The molecular formula is C18H19N3O2. The number of urea groups is 1. The molecular weight excluding hydrogens is 290 g/mol. The Bertz CT molecular complexity index is 775. The van der Waals surface area contributed by atoms with Gasteiger partial charge in [-0.25, -0.2) is 4.79 Å². The minimum Gasteiger partial charge on any atom is -0.359 e. The van der Waals surface area contributed by atoms with Crippen molar-refractivity contribution in [3.8, 4) is 0 Å². The first-order valence-corrected chi connectivity index (χ1v) is 7.59. The number of aryl methyl sites for hydroxylation is 2. The second kappa shape index (κ2) is 6.12. The number of hydrogen-bond donors (Lipinski definition) is 2. The molecule has 2 aromatic rings. The number of H-pyrrole nitrogens is 1. The molecule has 3 rings (SSSR count). The molecule has 5 nitrogen and oxygen atoms in total. The summed E-state index contributed by atoms with van der Waals surface area (Å²) in [5.74, 6) is -0.352. The lowest BCUT2D eigenvalue weighted by atomic mass is 10.1. The van der Waals surface area contributed by atoms with Crippen molar-refractivity contribution >= 4 is 18.0 Å². The molecule has 0 unspecified atom stereocenters. The molecule has 0 bridgehead atoms. The summed E-state index contributed by atoms with van der Waals surface area (Å²) in [6.45, 7) is 4.40. The van der Waals surface area contributed by atoms with Crippen LogP contribution in [0, 0.1) is 13.8 Å². The van der Waals surface area contributed by atoms with E-state index < -0.39 is 0 Å². The van der Waals surface area contributed by atoms with Crippen LogP contribution >= 0.6 is 0 Å². The average molecular weight is 309 g/mol. The molecule has 1 aromatic carbocycles. The van der Waals surface area contributed by atoms with Gasteiger partial charge in [-0.05, 0) is 43.5 Å². The van der Waals surface area contributed by atoms with Crippen LogP contribution in [0.25, 0.3) is 6.08 Å². The van der Waals surface area contributed by atoms with E-state index >= 15 is 0 Å². The van der Waals surface area contributed by atoms with E-state index in [1.54, 1.807) is 6.08 Å². The van der Waals surface area contributed by atoms with E-state index in [4.69, 9.17) is 0 Å². The number of carbonyl (C=O) groups excluding carboxylic acids is 2. The molecule has 5 heteroatoms. The molecule has 0 saturated carbocycles. The SMILES string of the molecule is Cc1cc(C)c(/C=C2\C(=O)NC(=O)N2CCc2ccccc2)[nH]1. The van der Waals surface area contributed by atoms with E-state index in [0.29, 0.717) is 18.7 Å². The number of nitrogens with one attached hydrogen (secondary N) is 2. The number of rotatable bonds is 4. The van der Waals surface area contributed by atoms with E-state index in [9.17, 15) is 9.59 Å². The Hall–Kier alpha value is -2.82. The molecule has 0 aliphatic carbocycles. The van der Waals surface area contributed by atoms with Crippen molar-refractivity contribution < 1.29 is 9.59 Å². The third-order valence-corrected chi connectivity index (χ3v) is 3.93. The topological polar surface area (TPSA) is 65.2 Å². The minimum atomic E-state index is -0.363. The predicted molar refractivity (Wildman–Crippen MR) is 88.6 cm³/mol. The van der Waals surface area contributed by atoms with Crippen LogP contribution in [0.3, 0.4) is 0 Å². The molecule has 1 fully saturated rings. The summed E-state index contributed by atoms with van der Waals surface area (Å²) in [7, 11) is 0. The van der Waals surface area contributed by atoms with Gasteiger partial charge in [-0.1, -0.05) is 30.3 Å². The van der Waals surface area contributed by atoms with Gasteiger partial charge in [0.05, 0.1) is 0 Å². The van der Waals surface area contributed by atoms with Crippen molar-refractivity contribution in [2.24, 2.45) is 0 Å². The largest absolute Gasteiger partial charge is 0.359 e. The number of amides is 3. The summed E-state index contributed by atoms with van der Waals surface area (Å²) in [6.07, 6.45) is 2.44. The van der Waals surface area contributed by atoms with Crippen LogP contribution in [0.5, 0.6) is 0 Å². The van der Waals surface area contributed by atoms with Crippen molar-refractivity contribution in [3.63, 3.8) is 0 Å². The fraction of sp³-hybridized carbons (Fsp3) is 0.222. The Morgan fingerprint density at radius 2 is 1.87 bits per heavy atom. The third-order valence-electron chi connectivity index (χ3n) is 3.93. The van der Waals surface area contributed by atoms with Crippen LogP contribution in [0.4, 0.5) is 4.79 Å². The van der Waals surface area contributed by atoms with Crippen molar-refractivity contribution in [3.05, 3.63) is 64.6 Å². The zero-order chi connectivity index (χ0) is 16.4. The van der Waals surface area contributed by atoms with Crippen LogP contribution in [0.15, 0.2) is 42.1 Å². The maximum Gasteiger partial charge on any atom is 0.329 e. The molecule has 0 atom stereocenters. The monoisotopic (exact) mass is 309 g/mol. The van der Waals surface area contributed by atoms with Crippen molar-refractivity contribution in [1.29, 1.82) is 0 Å². The Morgan fingerprint density at radius 1 is 1.13 bits per heavy atom. The number of hydrogen-bond acceptors (Lipinski definition) is 2. The fourth-order valence-electron chi connectivity index (χ4n) is 2.75. The smallest absolute Gasteiger partial charge is 0.329 e. The van der Waals surface area contributed by atoms with E-state index in [2.05, 4.69) is 10.3 Å². The lowest BCUT2D eigenvalue weighted by molar-refractivity contribution is -0.116. The number of benzene rings is 1. The zero-order valence-corrected chi connectivity index (χ0v) is 13.2. The highest BCUT2D eigenvalue weighted by Crippen LogP contribution is 2.19. The number of aromatic amines is 1. The van der Waals surface area contributed by atoms with Crippen LogP contribution in [-0.4, -0.2) is 28.4 Å². The van der Waals surface area contributed by atoms with Gasteiger partial charge >= 0.3 is 6.03 Å². The molecule has 1 aliphatic rings. The molecule has 2 heterocycles. The molecule has 0 radical (unpaired) electrons. The Labute approximate surface area is 135 Å². The highest BCUT2D eigenvalue weighted by molar-refractivity contribution is 6.13. The fourth-order valence-corrected chi connectivity index (χ4v) is 2.75. The summed E-state index contributed by atoms with van der Waals surface area (Å²) < 4.78 is 0. The lowest BCUT2D eigenvalue weighted by Crippen LogP contribution is -2.29. The van der Waals surface area contributed by atoms with Gasteiger partial charge in [-0.15, -0.1) is 0 Å². The van der Waals surface area contributed by atoms with E-state index in [1.807, 2.05) is 50.2 Å². The molecule has 1 aromatic heterocycles. The second-order valence-electron chi connectivity index (χ2n) is 5.73. The number of imide groups is 1. The summed E-state index contributed by atoms with van der Waals surface area (Å²) in [5, 5.41) is 2.37. The van der Waals surface area contributed by atoms with Gasteiger partial charge in [-0.2, -0.15) is 0 Å². The van der Waals surface area contributed by atoms with Crippen molar-refractivity contribution in [2.75, 3.05) is 6.54 Å². The van der Waals surface area contributed by atoms with E-state index in [-0.39, 0.29) is 11.9 Å². The van der Waals surface area contributed by atoms with Crippen molar-refractivity contribution in [2.45, 2.75) is 20.3 Å². The number of carbonyl (C=O) groups is 2. The van der Waals surface area contributed by atoms with Crippen LogP contribution < -0.4 is 5.32 Å².